The first-order valence-electron chi connectivity index (χ1n) is 12.0. The van der Waals surface area contributed by atoms with Crippen LogP contribution in [0.4, 0.5) is 4.79 Å². The van der Waals surface area contributed by atoms with Gasteiger partial charge in [0.25, 0.3) is 5.91 Å². The largest absolute Gasteiger partial charge is 0.444 e. The summed E-state index contributed by atoms with van der Waals surface area (Å²) in [6.45, 7) is 8.58. The van der Waals surface area contributed by atoms with E-state index in [0.717, 1.165) is 4.90 Å². The number of β-amino-alcohol motifs (C(OH)–C–C–N with tert-alkyl or cyclic N) is 1. The van der Waals surface area contributed by atoms with Gasteiger partial charge in [0.1, 0.15) is 22.8 Å². The molecule has 0 spiro atoms. The Labute approximate surface area is 211 Å². The molecule has 0 bridgehead atoms. The number of aliphatic hydroxyl groups is 1. The van der Waals surface area contributed by atoms with Gasteiger partial charge in [-0.05, 0) is 45.6 Å². The summed E-state index contributed by atoms with van der Waals surface area (Å²) in [4.78, 5) is 40.8. The number of hydrogen-bond donors (Lipinski definition) is 3. The molecule has 0 radical (unpaired) electrons. The number of likely N-dealkylation sites (tertiary alicyclic amines) is 1. The van der Waals surface area contributed by atoms with E-state index in [1.807, 2.05) is 0 Å². The van der Waals surface area contributed by atoms with E-state index in [9.17, 15) is 27.9 Å². The Kier molecular flexibility index (Phi) is 6.45. The molecule has 1 aliphatic heterocycles. The van der Waals surface area contributed by atoms with Crippen molar-refractivity contribution in [3.63, 3.8) is 0 Å². The second-order valence-electron chi connectivity index (χ2n) is 10.9. The summed E-state index contributed by atoms with van der Waals surface area (Å²) in [5.41, 5.74) is -3.32. The van der Waals surface area contributed by atoms with E-state index < -0.39 is 61.9 Å². The van der Waals surface area contributed by atoms with Gasteiger partial charge in [0.2, 0.25) is 15.9 Å². The summed E-state index contributed by atoms with van der Waals surface area (Å²) in [6.07, 6.45) is 1.73. The molecule has 1 heterocycles. The average Bonchev–Trinajstić information content (AvgIpc) is 3.70. The molecule has 1 aromatic rings. The minimum absolute atomic E-state index is 0.126. The van der Waals surface area contributed by atoms with Crippen LogP contribution < -0.4 is 10.0 Å². The van der Waals surface area contributed by atoms with Crippen molar-refractivity contribution in [3.8, 4) is 0 Å². The highest BCUT2D eigenvalue weighted by Gasteiger charge is 2.62. The van der Waals surface area contributed by atoms with Crippen molar-refractivity contribution in [1.29, 1.82) is 0 Å². The van der Waals surface area contributed by atoms with Crippen molar-refractivity contribution in [2.75, 3.05) is 6.54 Å². The zero-order valence-electron chi connectivity index (χ0n) is 20.7. The van der Waals surface area contributed by atoms with Gasteiger partial charge in [-0.25, -0.2) is 13.2 Å². The minimum atomic E-state index is -3.82. The molecule has 2 saturated carbocycles. The molecular weight excluding hydrogens is 486 g/mol. The number of sulfonamides is 1. The van der Waals surface area contributed by atoms with Gasteiger partial charge in [-0.15, -0.1) is 6.58 Å². The fraction of sp³-hybridized carbons (Fsp3) is 0.560. The Bertz CT molecular complexity index is 1180. The molecule has 3 fully saturated rings. The number of benzene rings is 1. The Morgan fingerprint density at radius 2 is 1.81 bits per heavy atom. The van der Waals surface area contributed by atoms with E-state index >= 15 is 0 Å². The minimum Gasteiger partial charge on any atom is -0.444 e. The highest BCUT2D eigenvalue weighted by molar-refractivity contribution is 7.91. The molecule has 36 heavy (non-hydrogen) atoms. The summed E-state index contributed by atoms with van der Waals surface area (Å²) in [6, 6.07) is 7.55. The molecule has 10 nitrogen and oxygen atoms in total. The van der Waals surface area contributed by atoms with E-state index in [2.05, 4.69) is 16.6 Å². The van der Waals surface area contributed by atoms with Crippen LogP contribution in [-0.2, 0) is 30.0 Å². The maximum atomic E-state index is 13.5. The van der Waals surface area contributed by atoms with Gasteiger partial charge in [-0.2, -0.15) is 0 Å². The van der Waals surface area contributed by atoms with Crippen molar-refractivity contribution < 1.29 is 32.6 Å². The number of carbonyl (C=O) groups excluding carboxylic acids is 3. The Morgan fingerprint density at radius 1 is 1.17 bits per heavy atom. The Hall–Kier alpha value is -2.92. The molecule has 196 valence electrons. The number of rotatable bonds is 7. The van der Waals surface area contributed by atoms with Gasteiger partial charge < -0.3 is 15.2 Å². The predicted octanol–water partition coefficient (Wildman–Crippen LogP) is 1.55. The first kappa shape index (κ1) is 26.2. The zero-order chi connectivity index (χ0) is 26.5. The fourth-order valence-corrected chi connectivity index (χ4v) is 5.97. The van der Waals surface area contributed by atoms with Crippen LogP contribution >= 0.6 is 0 Å². The van der Waals surface area contributed by atoms with E-state index in [-0.39, 0.29) is 19.4 Å². The van der Waals surface area contributed by atoms with Crippen LogP contribution in [-0.4, -0.2) is 65.3 Å². The maximum Gasteiger partial charge on any atom is 0.411 e. The summed E-state index contributed by atoms with van der Waals surface area (Å²) < 4.78 is 32.3. The normalized spacial score (nSPS) is 29.8. The summed E-state index contributed by atoms with van der Waals surface area (Å²) in [5.74, 6) is -1.98. The van der Waals surface area contributed by atoms with Crippen LogP contribution in [0.5, 0.6) is 0 Å². The molecular formula is C25H33N3O7S. The van der Waals surface area contributed by atoms with E-state index in [0.29, 0.717) is 18.4 Å². The van der Waals surface area contributed by atoms with Crippen LogP contribution in [0.3, 0.4) is 0 Å². The third-order valence-corrected chi connectivity index (χ3v) is 8.65. The van der Waals surface area contributed by atoms with Gasteiger partial charge in [0.05, 0.1) is 11.8 Å². The zero-order valence-corrected chi connectivity index (χ0v) is 21.5. The van der Waals surface area contributed by atoms with Gasteiger partial charge >= 0.3 is 6.09 Å². The highest BCUT2D eigenvalue weighted by Crippen LogP contribution is 2.46. The lowest BCUT2D eigenvalue weighted by molar-refractivity contribution is -0.131. The van der Waals surface area contributed by atoms with Crippen LogP contribution in [0.2, 0.25) is 0 Å². The lowest BCUT2D eigenvalue weighted by Crippen LogP contribution is -2.56. The molecule has 11 heteroatoms. The van der Waals surface area contributed by atoms with E-state index in [1.165, 1.54) is 6.08 Å². The van der Waals surface area contributed by atoms with Crippen molar-refractivity contribution >= 4 is 27.9 Å². The maximum absolute atomic E-state index is 13.5. The highest BCUT2D eigenvalue weighted by atomic mass is 32.2. The summed E-state index contributed by atoms with van der Waals surface area (Å²) in [5, 5.41) is 13.5. The van der Waals surface area contributed by atoms with Crippen LogP contribution in [0, 0.1) is 5.92 Å². The van der Waals surface area contributed by atoms with Crippen molar-refractivity contribution in [1.82, 2.24) is 14.9 Å². The van der Waals surface area contributed by atoms with Crippen molar-refractivity contribution in [2.24, 2.45) is 5.92 Å². The summed E-state index contributed by atoms with van der Waals surface area (Å²) in [7, 11) is -3.82. The smallest absolute Gasteiger partial charge is 0.411 e. The molecule has 0 unspecified atom stereocenters. The standard InChI is InChI=1S/C25H33N3O7S/c1-5-16-13-25(16,21(30)27-36(33,34)18-11-12-18)26-20(29)19-14-24(32,17-9-7-6-8-10-17)15-28(19)22(31)35-23(2,3)4/h5-10,16,18-19,32H,1,11-15H2,2-4H3,(H,26,29)(H,27,30)/t16-,19+,24+,25-/m1/s1. The second-order valence-corrected chi connectivity index (χ2v) is 12.9. The summed E-state index contributed by atoms with van der Waals surface area (Å²) >= 11 is 0. The number of ether oxygens (including phenoxy) is 1. The third-order valence-electron chi connectivity index (χ3n) is 6.83. The number of carbonyl (C=O) groups is 3. The first-order valence-corrected chi connectivity index (χ1v) is 13.5. The van der Waals surface area contributed by atoms with Crippen molar-refractivity contribution in [3.05, 3.63) is 48.6 Å². The Morgan fingerprint density at radius 3 is 2.33 bits per heavy atom. The molecule has 2 aliphatic carbocycles. The van der Waals surface area contributed by atoms with Crippen molar-refractivity contribution in [2.45, 2.75) is 74.5 Å². The number of amides is 3. The average molecular weight is 520 g/mol. The monoisotopic (exact) mass is 519 g/mol. The lowest BCUT2D eigenvalue weighted by Gasteiger charge is -2.29. The molecule has 1 saturated heterocycles. The number of nitrogens with one attached hydrogen (secondary N) is 2. The first-order chi connectivity index (χ1) is 16.7. The number of hydrogen-bond acceptors (Lipinski definition) is 7. The van der Waals surface area contributed by atoms with Gasteiger partial charge in [0, 0.05) is 12.3 Å². The van der Waals surface area contributed by atoms with E-state index in [1.54, 1.807) is 51.1 Å². The topological polar surface area (TPSA) is 142 Å². The molecule has 3 aliphatic rings. The van der Waals surface area contributed by atoms with Gasteiger partial charge in [-0.1, -0.05) is 36.4 Å². The SMILES string of the molecule is C=C[C@@H]1C[C@]1(NC(=O)[C@@H]1C[C@@](O)(c2ccccc2)CN1C(=O)OC(C)(C)C)C(=O)NS(=O)(=O)C1CC1. The molecule has 4 atom stereocenters. The van der Waals surface area contributed by atoms with Gasteiger partial charge in [0.15, 0.2) is 0 Å². The third kappa shape index (κ3) is 5.12. The van der Waals surface area contributed by atoms with Crippen LogP contribution in [0.25, 0.3) is 0 Å². The predicted molar refractivity (Wildman–Crippen MR) is 131 cm³/mol. The van der Waals surface area contributed by atoms with Gasteiger partial charge in [-0.3, -0.25) is 19.2 Å². The molecule has 4 rings (SSSR count). The Balaban J connectivity index is 1.59. The van der Waals surface area contributed by atoms with Crippen LogP contribution in [0.1, 0.15) is 52.0 Å². The number of nitrogens with zero attached hydrogens (tertiary/aromatic N) is 1. The second kappa shape index (κ2) is 8.88. The van der Waals surface area contributed by atoms with E-state index in [4.69, 9.17) is 4.74 Å². The quantitative estimate of drug-likeness (QED) is 0.464. The molecule has 1 aromatic carbocycles. The molecule has 0 aromatic heterocycles. The fourth-order valence-electron chi connectivity index (χ4n) is 4.61. The molecule has 3 N–H and O–H groups in total. The molecule has 3 amide bonds. The lowest BCUT2D eigenvalue weighted by atomic mass is 9.91. The van der Waals surface area contributed by atoms with Crippen LogP contribution in [0.15, 0.2) is 43.0 Å².